The van der Waals surface area contributed by atoms with Gasteiger partial charge in [0, 0.05) is 17.8 Å². The third-order valence-corrected chi connectivity index (χ3v) is 2.67. The largest absolute Gasteiger partial charge is 0.325 e. The first kappa shape index (κ1) is 9.21. The van der Waals surface area contributed by atoms with Crippen LogP contribution in [0, 0.1) is 6.92 Å². The molecule has 0 radical (unpaired) electrons. The second kappa shape index (κ2) is 3.42. The summed E-state index contributed by atoms with van der Waals surface area (Å²) in [7, 11) is 0. The van der Waals surface area contributed by atoms with Crippen molar-refractivity contribution in [2.75, 3.05) is 0 Å². The molecule has 0 atom stereocenters. The molecule has 14 heavy (non-hydrogen) atoms. The Balaban J connectivity index is 2.66. The number of aryl methyl sites for hydroxylation is 2. The maximum atomic E-state index is 5.55. The summed E-state index contributed by atoms with van der Waals surface area (Å²) in [5.41, 5.74) is 10.3. The molecule has 0 aliphatic heterocycles. The molecule has 2 aromatic rings. The van der Waals surface area contributed by atoms with Crippen LogP contribution in [0.25, 0.3) is 5.52 Å². The average molecular weight is 189 g/mol. The molecule has 0 saturated heterocycles. The topological polar surface area (TPSA) is 43.3 Å². The Labute approximate surface area is 83.6 Å². The lowest BCUT2D eigenvalue weighted by molar-refractivity contribution is 0.935. The Morgan fingerprint density at radius 1 is 1.43 bits per heavy atom. The van der Waals surface area contributed by atoms with E-state index in [4.69, 9.17) is 5.73 Å². The molecule has 0 unspecified atom stereocenters. The van der Waals surface area contributed by atoms with Crippen molar-refractivity contribution < 1.29 is 0 Å². The van der Waals surface area contributed by atoms with Crippen molar-refractivity contribution in [2.45, 2.75) is 26.8 Å². The van der Waals surface area contributed by atoms with Crippen LogP contribution in [0.4, 0.5) is 0 Å². The van der Waals surface area contributed by atoms with E-state index in [9.17, 15) is 0 Å². The van der Waals surface area contributed by atoms with Gasteiger partial charge in [-0.3, -0.25) is 0 Å². The van der Waals surface area contributed by atoms with E-state index in [1.807, 2.05) is 12.4 Å². The average Bonchev–Trinajstić information content (AvgIpc) is 2.55. The molecule has 0 amide bonds. The number of aromatic nitrogens is 2. The summed E-state index contributed by atoms with van der Waals surface area (Å²) in [4.78, 5) is 4.27. The van der Waals surface area contributed by atoms with Crippen LogP contribution < -0.4 is 5.73 Å². The zero-order valence-corrected chi connectivity index (χ0v) is 8.62. The number of fused-ring (bicyclic) bond motifs is 1. The van der Waals surface area contributed by atoms with Crippen molar-refractivity contribution in [2.24, 2.45) is 5.73 Å². The quantitative estimate of drug-likeness (QED) is 0.780. The van der Waals surface area contributed by atoms with Crippen LogP contribution in [0.5, 0.6) is 0 Å². The normalized spacial score (nSPS) is 11.1. The summed E-state index contributed by atoms with van der Waals surface area (Å²) in [5, 5.41) is 0. The fraction of sp³-hybridized carbons (Fsp3) is 0.364. The van der Waals surface area contributed by atoms with Crippen LogP contribution in [0.2, 0.25) is 0 Å². The summed E-state index contributed by atoms with van der Waals surface area (Å²) in [6.07, 6.45) is 2.91. The Kier molecular flexibility index (Phi) is 2.25. The maximum Gasteiger partial charge on any atom is 0.0996 e. The Morgan fingerprint density at radius 2 is 2.21 bits per heavy atom. The molecule has 2 heterocycles. The van der Waals surface area contributed by atoms with Crippen LogP contribution in [0.1, 0.15) is 23.9 Å². The van der Waals surface area contributed by atoms with E-state index in [1.165, 1.54) is 16.8 Å². The molecule has 0 bridgehead atoms. The van der Waals surface area contributed by atoms with Gasteiger partial charge in [-0.15, -0.1) is 0 Å². The maximum absolute atomic E-state index is 5.55. The SMILES string of the molecule is CCc1cc2cc(CN)ncn2c1C. The minimum atomic E-state index is 0.502. The first-order chi connectivity index (χ1) is 6.76. The first-order valence-corrected chi connectivity index (χ1v) is 4.91. The molecule has 3 heteroatoms. The smallest absolute Gasteiger partial charge is 0.0996 e. The van der Waals surface area contributed by atoms with Gasteiger partial charge >= 0.3 is 0 Å². The molecule has 74 valence electrons. The molecular formula is C11H15N3. The molecule has 0 aromatic carbocycles. The van der Waals surface area contributed by atoms with Gasteiger partial charge in [0.15, 0.2) is 0 Å². The van der Waals surface area contributed by atoms with Crippen molar-refractivity contribution in [3.8, 4) is 0 Å². The second-order valence-electron chi connectivity index (χ2n) is 3.49. The highest BCUT2D eigenvalue weighted by Gasteiger charge is 2.04. The number of nitrogens with two attached hydrogens (primary N) is 1. The third-order valence-electron chi connectivity index (χ3n) is 2.67. The minimum Gasteiger partial charge on any atom is -0.325 e. The van der Waals surface area contributed by atoms with Crippen LogP contribution >= 0.6 is 0 Å². The van der Waals surface area contributed by atoms with Crippen molar-refractivity contribution in [1.29, 1.82) is 0 Å². The minimum absolute atomic E-state index is 0.502. The molecule has 2 aromatic heterocycles. The molecule has 0 fully saturated rings. The van der Waals surface area contributed by atoms with Crippen molar-refractivity contribution in [1.82, 2.24) is 9.38 Å². The molecule has 0 aliphatic carbocycles. The van der Waals surface area contributed by atoms with Gasteiger partial charge < -0.3 is 10.1 Å². The van der Waals surface area contributed by atoms with Crippen molar-refractivity contribution >= 4 is 5.52 Å². The zero-order chi connectivity index (χ0) is 10.1. The fourth-order valence-corrected chi connectivity index (χ4v) is 1.77. The van der Waals surface area contributed by atoms with Gasteiger partial charge in [-0.2, -0.15) is 0 Å². The fourth-order valence-electron chi connectivity index (χ4n) is 1.77. The highest BCUT2D eigenvalue weighted by atomic mass is 15.0. The summed E-state index contributed by atoms with van der Waals surface area (Å²) in [6.45, 7) is 4.79. The van der Waals surface area contributed by atoms with Gasteiger partial charge in [-0.05, 0) is 31.0 Å². The molecule has 0 aliphatic rings. The number of rotatable bonds is 2. The number of nitrogens with zero attached hydrogens (tertiary/aromatic N) is 2. The van der Waals surface area contributed by atoms with E-state index >= 15 is 0 Å². The van der Waals surface area contributed by atoms with Crippen LogP contribution in [0.15, 0.2) is 18.5 Å². The molecular weight excluding hydrogens is 174 g/mol. The van der Waals surface area contributed by atoms with E-state index in [2.05, 4.69) is 29.3 Å². The Morgan fingerprint density at radius 3 is 2.86 bits per heavy atom. The summed E-state index contributed by atoms with van der Waals surface area (Å²) < 4.78 is 2.11. The van der Waals surface area contributed by atoms with Crippen molar-refractivity contribution in [3.05, 3.63) is 35.4 Å². The monoisotopic (exact) mass is 189 g/mol. The second-order valence-corrected chi connectivity index (χ2v) is 3.49. The number of hydrogen-bond donors (Lipinski definition) is 1. The van der Waals surface area contributed by atoms with E-state index < -0.39 is 0 Å². The molecule has 0 saturated carbocycles. The van der Waals surface area contributed by atoms with E-state index in [1.54, 1.807) is 0 Å². The zero-order valence-electron chi connectivity index (χ0n) is 8.62. The van der Waals surface area contributed by atoms with Crippen molar-refractivity contribution in [3.63, 3.8) is 0 Å². The standard InChI is InChI=1S/C11H15N3/c1-3-9-4-11-5-10(6-12)13-7-14(11)8(9)2/h4-5,7H,3,6,12H2,1-2H3. The Hall–Kier alpha value is -1.35. The molecule has 2 N–H and O–H groups in total. The summed E-state index contributed by atoms with van der Waals surface area (Å²) in [5.74, 6) is 0. The van der Waals surface area contributed by atoms with Crippen LogP contribution in [0.3, 0.4) is 0 Å². The van der Waals surface area contributed by atoms with E-state index in [0.717, 1.165) is 12.1 Å². The van der Waals surface area contributed by atoms with Gasteiger partial charge in [0.25, 0.3) is 0 Å². The van der Waals surface area contributed by atoms with Gasteiger partial charge in [-0.1, -0.05) is 6.92 Å². The van der Waals surface area contributed by atoms with E-state index in [-0.39, 0.29) is 0 Å². The van der Waals surface area contributed by atoms with E-state index in [0.29, 0.717) is 6.54 Å². The first-order valence-electron chi connectivity index (χ1n) is 4.91. The highest BCUT2D eigenvalue weighted by molar-refractivity contribution is 5.53. The lowest BCUT2D eigenvalue weighted by Crippen LogP contribution is -2.01. The lowest BCUT2D eigenvalue weighted by atomic mass is 10.2. The molecule has 3 nitrogen and oxygen atoms in total. The predicted octanol–water partition coefficient (Wildman–Crippen LogP) is 1.66. The molecule has 2 rings (SSSR count). The summed E-state index contributed by atoms with van der Waals surface area (Å²) >= 11 is 0. The lowest BCUT2D eigenvalue weighted by Gasteiger charge is -2.00. The summed E-state index contributed by atoms with van der Waals surface area (Å²) in [6, 6.07) is 4.25. The Bertz CT molecular complexity index is 457. The molecule has 0 spiro atoms. The van der Waals surface area contributed by atoms with Crippen LogP contribution in [-0.2, 0) is 13.0 Å². The van der Waals surface area contributed by atoms with Crippen LogP contribution in [-0.4, -0.2) is 9.38 Å². The van der Waals surface area contributed by atoms with Gasteiger partial charge in [0.2, 0.25) is 0 Å². The third kappa shape index (κ3) is 1.30. The van der Waals surface area contributed by atoms with Gasteiger partial charge in [0.1, 0.15) is 0 Å². The van der Waals surface area contributed by atoms with Gasteiger partial charge in [-0.25, -0.2) is 4.98 Å². The number of hydrogen-bond acceptors (Lipinski definition) is 2. The predicted molar refractivity (Wildman–Crippen MR) is 57.2 cm³/mol. The van der Waals surface area contributed by atoms with Gasteiger partial charge in [0.05, 0.1) is 12.0 Å². The highest BCUT2D eigenvalue weighted by Crippen LogP contribution is 2.16.